The fourth-order valence-electron chi connectivity index (χ4n) is 2.16. The minimum absolute atomic E-state index is 0.0496. The van der Waals surface area contributed by atoms with Gasteiger partial charge in [0.15, 0.2) is 0 Å². The molecule has 3 rings (SSSR count). The third-order valence-corrected chi connectivity index (χ3v) is 4.43. The van der Waals surface area contributed by atoms with E-state index >= 15 is 0 Å². The van der Waals surface area contributed by atoms with Crippen molar-refractivity contribution in [2.24, 2.45) is 5.10 Å². The Morgan fingerprint density at radius 1 is 1.15 bits per heavy atom. The summed E-state index contributed by atoms with van der Waals surface area (Å²) in [6.45, 7) is 0.308. The molecule has 1 heterocycles. The average molecular weight is 381 g/mol. The Labute approximate surface area is 159 Å². The molecule has 0 spiro atoms. The van der Waals surface area contributed by atoms with E-state index in [0.29, 0.717) is 17.2 Å². The number of nitrogens with zero attached hydrogens (tertiary/aromatic N) is 2. The summed E-state index contributed by atoms with van der Waals surface area (Å²) in [6.07, 6.45) is 1.55. The van der Waals surface area contributed by atoms with Crippen molar-refractivity contribution < 1.29 is 14.5 Å². The number of carbonyl (C=O) groups excluding carboxylic acids is 1. The highest BCUT2D eigenvalue weighted by Gasteiger charge is 2.05. The fraction of sp³-hybridized carbons (Fsp3) is 0.0526. The summed E-state index contributed by atoms with van der Waals surface area (Å²) in [5, 5.41) is 16.4. The second-order valence-corrected chi connectivity index (χ2v) is 6.41. The predicted octanol–water partition coefficient (Wildman–Crippen LogP) is 4.00. The van der Waals surface area contributed by atoms with Gasteiger partial charge in [0.25, 0.3) is 11.6 Å². The molecule has 0 aliphatic heterocycles. The van der Waals surface area contributed by atoms with E-state index < -0.39 is 4.92 Å². The van der Waals surface area contributed by atoms with Crippen LogP contribution in [0, 0.1) is 10.1 Å². The molecule has 8 heteroatoms. The van der Waals surface area contributed by atoms with Gasteiger partial charge in [-0.2, -0.15) is 5.10 Å². The van der Waals surface area contributed by atoms with E-state index in [1.165, 1.54) is 23.5 Å². The predicted molar refractivity (Wildman–Crippen MR) is 103 cm³/mol. The molecule has 0 saturated heterocycles. The Morgan fingerprint density at radius 2 is 1.89 bits per heavy atom. The van der Waals surface area contributed by atoms with Gasteiger partial charge in [-0.3, -0.25) is 14.9 Å². The summed E-state index contributed by atoms with van der Waals surface area (Å²) >= 11 is 1.35. The largest absolute Gasteiger partial charge is 0.489 e. The molecule has 2 aromatic carbocycles. The first-order chi connectivity index (χ1) is 13.1. The summed E-state index contributed by atoms with van der Waals surface area (Å²) in [5.74, 6) is 0.414. The van der Waals surface area contributed by atoms with E-state index in [0.717, 1.165) is 11.1 Å². The number of amides is 1. The van der Waals surface area contributed by atoms with Crippen molar-refractivity contribution in [3.05, 3.63) is 92.2 Å². The molecule has 0 atom stereocenters. The van der Waals surface area contributed by atoms with Gasteiger partial charge in [0.05, 0.1) is 16.0 Å². The van der Waals surface area contributed by atoms with E-state index in [9.17, 15) is 14.9 Å². The molecule has 0 aliphatic rings. The van der Waals surface area contributed by atoms with Crippen LogP contribution in [0.25, 0.3) is 0 Å². The van der Waals surface area contributed by atoms with Gasteiger partial charge in [0.1, 0.15) is 12.4 Å². The Kier molecular flexibility index (Phi) is 5.91. The Balaban J connectivity index is 1.50. The molecular weight excluding hydrogens is 366 g/mol. The summed E-state index contributed by atoms with van der Waals surface area (Å²) in [5.41, 5.74) is 4.16. The second-order valence-electron chi connectivity index (χ2n) is 5.46. The van der Waals surface area contributed by atoms with Crippen LogP contribution in [0.1, 0.15) is 20.8 Å². The first-order valence-corrected chi connectivity index (χ1v) is 8.83. The SMILES string of the molecule is O=C(N/N=C\c1ccc(OCc2ccc([N+](=O)[O-])cc2)cc1)c1cccs1. The summed E-state index contributed by atoms with van der Waals surface area (Å²) in [7, 11) is 0. The van der Waals surface area contributed by atoms with Crippen LogP contribution in [-0.4, -0.2) is 17.0 Å². The second kappa shape index (κ2) is 8.72. The molecule has 0 unspecified atom stereocenters. The monoisotopic (exact) mass is 381 g/mol. The molecule has 136 valence electrons. The third-order valence-electron chi connectivity index (χ3n) is 3.56. The van der Waals surface area contributed by atoms with Crippen molar-refractivity contribution in [2.45, 2.75) is 6.61 Å². The smallest absolute Gasteiger partial charge is 0.281 e. The van der Waals surface area contributed by atoms with Gasteiger partial charge in [-0.05, 0) is 59.0 Å². The number of benzene rings is 2. The van der Waals surface area contributed by atoms with E-state index in [1.54, 1.807) is 42.6 Å². The zero-order valence-corrected chi connectivity index (χ0v) is 14.9. The molecule has 0 bridgehead atoms. The number of nitro groups is 1. The van der Waals surface area contributed by atoms with Gasteiger partial charge in [-0.1, -0.05) is 6.07 Å². The molecule has 7 nitrogen and oxygen atoms in total. The van der Waals surface area contributed by atoms with Crippen molar-refractivity contribution in [3.63, 3.8) is 0 Å². The molecule has 27 heavy (non-hydrogen) atoms. The highest BCUT2D eigenvalue weighted by Crippen LogP contribution is 2.16. The maximum absolute atomic E-state index is 11.8. The third kappa shape index (κ3) is 5.23. The summed E-state index contributed by atoms with van der Waals surface area (Å²) in [4.78, 5) is 22.6. The quantitative estimate of drug-likeness (QED) is 0.380. The van der Waals surface area contributed by atoms with Crippen LogP contribution in [0.3, 0.4) is 0 Å². The number of non-ortho nitro benzene ring substituents is 1. The first-order valence-electron chi connectivity index (χ1n) is 7.95. The number of rotatable bonds is 7. The number of ether oxygens (including phenoxy) is 1. The maximum Gasteiger partial charge on any atom is 0.281 e. The number of nitrogens with one attached hydrogen (secondary N) is 1. The zero-order chi connectivity index (χ0) is 19.1. The minimum Gasteiger partial charge on any atom is -0.489 e. The lowest BCUT2D eigenvalue weighted by molar-refractivity contribution is -0.384. The van der Waals surface area contributed by atoms with Crippen LogP contribution in [0.2, 0.25) is 0 Å². The number of hydrogen-bond acceptors (Lipinski definition) is 6. The number of hydrazone groups is 1. The summed E-state index contributed by atoms with van der Waals surface area (Å²) < 4.78 is 5.66. The normalized spacial score (nSPS) is 10.7. The molecule has 1 aromatic heterocycles. The van der Waals surface area contributed by atoms with E-state index in [1.807, 2.05) is 17.5 Å². The van der Waals surface area contributed by atoms with Crippen molar-refractivity contribution in [1.82, 2.24) is 5.43 Å². The van der Waals surface area contributed by atoms with Crippen LogP contribution in [-0.2, 0) is 6.61 Å². The van der Waals surface area contributed by atoms with Gasteiger partial charge in [-0.25, -0.2) is 5.43 Å². The van der Waals surface area contributed by atoms with Crippen LogP contribution < -0.4 is 10.2 Å². The molecule has 3 aromatic rings. The van der Waals surface area contributed by atoms with Gasteiger partial charge in [0.2, 0.25) is 0 Å². The van der Waals surface area contributed by atoms with Crippen LogP contribution >= 0.6 is 11.3 Å². The molecule has 1 amide bonds. The number of nitro benzene ring substituents is 1. The maximum atomic E-state index is 11.8. The number of carbonyl (C=O) groups is 1. The highest BCUT2D eigenvalue weighted by atomic mass is 32.1. The number of hydrogen-bond donors (Lipinski definition) is 1. The van der Waals surface area contributed by atoms with E-state index in [2.05, 4.69) is 10.5 Å². The van der Waals surface area contributed by atoms with Crippen LogP contribution in [0.4, 0.5) is 5.69 Å². The Morgan fingerprint density at radius 3 is 2.52 bits per heavy atom. The van der Waals surface area contributed by atoms with Crippen molar-refractivity contribution >= 4 is 29.1 Å². The van der Waals surface area contributed by atoms with Gasteiger partial charge in [-0.15, -0.1) is 11.3 Å². The number of thiophene rings is 1. The molecule has 1 N–H and O–H groups in total. The van der Waals surface area contributed by atoms with Crippen LogP contribution in [0.15, 0.2) is 71.1 Å². The average Bonchev–Trinajstić information content (AvgIpc) is 3.22. The lowest BCUT2D eigenvalue weighted by Gasteiger charge is -2.06. The zero-order valence-electron chi connectivity index (χ0n) is 14.1. The lowest BCUT2D eigenvalue weighted by Crippen LogP contribution is -2.16. The van der Waals surface area contributed by atoms with Gasteiger partial charge < -0.3 is 4.74 Å². The molecule has 0 radical (unpaired) electrons. The molecule has 0 aliphatic carbocycles. The fourth-order valence-corrected chi connectivity index (χ4v) is 2.77. The van der Waals surface area contributed by atoms with E-state index in [-0.39, 0.29) is 11.6 Å². The lowest BCUT2D eigenvalue weighted by atomic mass is 10.2. The first kappa shape index (κ1) is 18.3. The van der Waals surface area contributed by atoms with Crippen LogP contribution in [0.5, 0.6) is 5.75 Å². The Bertz CT molecular complexity index is 936. The minimum atomic E-state index is -0.437. The van der Waals surface area contributed by atoms with E-state index in [4.69, 9.17) is 4.74 Å². The van der Waals surface area contributed by atoms with Crippen molar-refractivity contribution in [1.29, 1.82) is 0 Å². The van der Waals surface area contributed by atoms with Crippen molar-refractivity contribution in [2.75, 3.05) is 0 Å². The summed E-state index contributed by atoms with van der Waals surface area (Å²) in [6, 6.07) is 16.9. The van der Waals surface area contributed by atoms with Gasteiger partial charge in [0, 0.05) is 12.1 Å². The van der Waals surface area contributed by atoms with Crippen molar-refractivity contribution in [3.8, 4) is 5.75 Å². The Hall–Kier alpha value is -3.52. The molecule has 0 fully saturated rings. The van der Waals surface area contributed by atoms with Gasteiger partial charge >= 0.3 is 0 Å². The standard InChI is InChI=1S/C19H15N3O4S/c23-19(18-2-1-11-27-18)21-20-12-14-5-9-17(10-6-14)26-13-15-3-7-16(8-4-15)22(24)25/h1-12H,13H2,(H,21,23)/b20-12-. The molecular formula is C19H15N3O4S. The topological polar surface area (TPSA) is 93.8 Å². The molecule has 0 saturated carbocycles. The highest BCUT2D eigenvalue weighted by molar-refractivity contribution is 7.12.